The predicted molar refractivity (Wildman–Crippen MR) is 47.3 cm³/mol. The first kappa shape index (κ1) is 8.80. The molecule has 0 spiro atoms. The molecule has 0 fully saturated rings. The maximum absolute atomic E-state index is 11.4. The van der Waals surface area contributed by atoms with Gasteiger partial charge in [0.25, 0.3) is 0 Å². The van der Waals surface area contributed by atoms with Crippen molar-refractivity contribution in [2.75, 3.05) is 5.73 Å². The first-order valence-electron chi connectivity index (χ1n) is 4.29. The average molecular weight is 195 g/mol. The maximum Gasteiger partial charge on any atom is 0.342 e. The van der Waals surface area contributed by atoms with Gasteiger partial charge in [-0.1, -0.05) is 0 Å². The van der Waals surface area contributed by atoms with Crippen LogP contribution in [0.5, 0.6) is 0 Å². The lowest BCUT2D eigenvalue weighted by molar-refractivity contribution is 0.0692. The van der Waals surface area contributed by atoms with E-state index in [9.17, 15) is 9.59 Å². The lowest BCUT2D eigenvalue weighted by Gasteiger charge is -2.07. The molecule has 0 amide bonds. The Hall–Kier alpha value is -1.78. The smallest absolute Gasteiger partial charge is 0.342 e. The fourth-order valence-corrected chi connectivity index (χ4v) is 1.72. The van der Waals surface area contributed by atoms with Gasteiger partial charge in [-0.15, -0.1) is 0 Å². The van der Waals surface area contributed by atoms with Crippen LogP contribution in [-0.2, 0) is 6.42 Å². The summed E-state index contributed by atoms with van der Waals surface area (Å²) in [5.74, 6) is -1.15. The molecular formula is C9H9NO4. The summed E-state index contributed by atoms with van der Waals surface area (Å²) in [6.45, 7) is 0. The van der Waals surface area contributed by atoms with Crippen LogP contribution in [0.2, 0.25) is 0 Å². The van der Waals surface area contributed by atoms with Gasteiger partial charge in [0.1, 0.15) is 11.3 Å². The van der Waals surface area contributed by atoms with Crippen LogP contribution in [-0.4, -0.2) is 16.9 Å². The van der Waals surface area contributed by atoms with Gasteiger partial charge < -0.3 is 15.3 Å². The van der Waals surface area contributed by atoms with E-state index in [1.54, 1.807) is 0 Å². The van der Waals surface area contributed by atoms with Crippen molar-refractivity contribution in [1.29, 1.82) is 0 Å². The maximum atomic E-state index is 11.4. The Morgan fingerprint density at radius 3 is 2.79 bits per heavy atom. The molecule has 0 radical (unpaired) electrons. The second-order valence-electron chi connectivity index (χ2n) is 3.22. The van der Waals surface area contributed by atoms with Crippen molar-refractivity contribution < 1.29 is 19.1 Å². The highest BCUT2D eigenvalue weighted by Crippen LogP contribution is 2.31. The normalized spacial score (nSPS) is 15.3. The molecule has 74 valence electrons. The molecule has 0 aliphatic heterocycles. The number of carbonyl (C=O) groups is 2. The molecule has 0 atom stereocenters. The van der Waals surface area contributed by atoms with Crippen LogP contribution in [0.4, 0.5) is 5.88 Å². The van der Waals surface area contributed by atoms with Gasteiger partial charge in [0.05, 0.1) is 5.56 Å². The number of fused-ring (bicyclic) bond motifs is 1. The Bertz CT molecular complexity index is 419. The number of carbonyl (C=O) groups excluding carboxylic acids is 1. The minimum absolute atomic E-state index is 0.168. The number of carboxylic acids is 1. The van der Waals surface area contributed by atoms with Gasteiger partial charge in [-0.2, -0.15) is 0 Å². The zero-order valence-corrected chi connectivity index (χ0v) is 7.37. The monoisotopic (exact) mass is 195 g/mol. The second-order valence-corrected chi connectivity index (χ2v) is 3.22. The predicted octanol–water partition coefficient (Wildman–Crippen LogP) is 1.08. The minimum atomic E-state index is -1.21. The van der Waals surface area contributed by atoms with Crippen molar-refractivity contribution in [3.63, 3.8) is 0 Å². The molecule has 0 aromatic carbocycles. The Labute approximate surface area is 79.5 Å². The largest absolute Gasteiger partial charge is 0.477 e. The third kappa shape index (κ3) is 1.09. The lowest BCUT2D eigenvalue weighted by atomic mass is 9.94. The molecule has 5 heteroatoms. The van der Waals surface area contributed by atoms with Crippen LogP contribution in [0.3, 0.4) is 0 Å². The number of Topliss-reactive ketones (excluding diaryl/α,β-unsaturated/α-hetero) is 1. The van der Waals surface area contributed by atoms with Crippen molar-refractivity contribution in [3.8, 4) is 0 Å². The Morgan fingerprint density at radius 2 is 2.14 bits per heavy atom. The molecule has 1 aliphatic rings. The summed E-state index contributed by atoms with van der Waals surface area (Å²) in [5.41, 5.74) is 5.38. The average Bonchev–Trinajstić information content (AvgIpc) is 2.42. The van der Waals surface area contributed by atoms with Crippen LogP contribution < -0.4 is 5.73 Å². The van der Waals surface area contributed by atoms with Crippen molar-refractivity contribution in [1.82, 2.24) is 0 Å². The number of ketones is 1. The number of anilines is 1. The number of aryl methyl sites for hydroxylation is 1. The molecule has 0 saturated carbocycles. The summed E-state index contributed by atoms with van der Waals surface area (Å²) in [4.78, 5) is 22.3. The van der Waals surface area contributed by atoms with Gasteiger partial charge >= 0.3 is 5.97 Å². The van der Waals surface area contributed by atoms with Gasteiger partial charge in [-0.3, -0.25) is 4.79 Å². The van der Waals surface area contributed by atoms with E-state index in [0.717, 1.165) is 0 Å². The lowest BCUT2D eigenvalue weighted by Crippen LogP contribution is -2.13. The van der Waals surface area contributed by atoms with Gasteiger partial charge in [-0.05, 0) is 6.42 Å². The molecule has 2 rings (SSSR count). The quantitative estimate of drug-likeness (QED) is 0.699. The number of hydrogen-bond acceptors (Lipinski definition) is 4. The Kier molecular flexibility index (Phi) is 1.80. The molecule has 3 N–H and O–H groups in total. The number of hydrogen-bond donors (Lipinski definition) is 2. The van der Waals surface area contributed by atoms with Crippen LogP contribution in [0.1, 0.15) is 39.3 Å². The zero-order valence-electron chi connectivity index (χ0n) is 7.37. The molecule has 1 heterocycles. The third-order valence-corrected chi connectivity index (χ3v) is 2.31. The molecule has 0 saturated heterocycles. The van der Waals surface area contributed by atoms with Crippen molar-refractivity contribution in [3.05, 3.63) is 16.9 Å². The number of aromatic carboxylic acids is 1. The van der Waals surface area contributed by atoms with Gasteiger partial charge in [-0.25, -0.2) is 4.79 Å². The van der Waals surface area contributed by atoms with E-state index in [1.165, 1.54) is 0 Å². The highest BCUT2D eigenvalue weighted by Gasteiger charge is 2.30. The van der Waals surface area contributed by atoms with E-state index < -0.39 is 5.97 Å². The molecule has 5 nitrogen and oxygen atoms in total. The molecule has 0 bridgehead atoms. The summed E-state index contributed by atoms with van der Waals surface area (Å²) in [5, 5.41) is 8.84. The minimum Gasteiger partial charge on any atom is -0.477 e. The zero-order chi connectivity index (χ0) is 10.3. The fraction of sp³-hybridized carbons (Fsp3) is 0.333. The van der Waals surface area contributed by atoms with E-state index in [4.69, 9.17) is 15.3 Å². The molecule has 1 aromatic rings. The summed E-state index contributed by atoms with van der Waals surface area (Å²) in [6.07, 6.45) is 1.64. The van der Waals surface area contributed by atoms with E-state index in [-0.39, 0.29) is 22.8 Å². The number of nitrogen functional groups attached to an aromatic ring is 1. The van der Waals surface area contributed by atoms with Gasteiger partial charge in [0.15, 0.2) is 5.78 Å². The Morgan fingerprint density at radius 1 is 1.43 bits per heavy atom. The SMILES string of the molecule is Nc1oc2c(c1C(=O)O)C(=O)CCC2. The van der Waals surface area contributed by atoms with Crippen LogP contribution in [0, 0.1) is 0 Å². The highest BCUT2D eigenvalue weighted by atomic mass is 16.4. The van der Waals surface area contributed by atoms with E-state index >= 15 is 0 Å². The Balaban J connectivity index is 2.65. The second kappa shape index (κ2) is 2.87. The summed E-state index contributed by atoms with van der Waals surface area (Å²) in [7, 11) is 0. The van der Waals surface area contributed by atoms with Crippen molar-refractivity contribution in [2.45, 2.75) is 19.3 Å². The van der Waals surface area contributed by atoms with Gasteiger partial charge in [0.2, 0.25) is 5.88 Å². The first-order chi connectivity index (χ1) is 6.61. The molecular weight excluding hydrogens is 186 g/mol. The van der Waals surface area contributed by atoms with E-state index in [0.29, 0.717) is 25.0 Å². The van der Waals surface area contributed by atoms with Crippen LogP contribution >= 0.6 is 0 Å². The third-order valence-electron chi connectivity index (χ3n) is 2.31. The van der Waals surface area contributed by atoms with Crippen LogP contribution in [0.25, 0.3) is 0 Å². The number of nitrogens with two attached hydrogens (primary N) is 1. The fourth-order valence-electron chi connectivity index (χ4n) is 1.72. The summed E-state index contributed by atoms with van der Waals surface area (Å²) in [6, 6.07) is 0. The molecule has 0 unspecified atom stereocenters. The molecule has 1 aliphatic carbocycles. The van der Waals surface area contributed by atoms with E-state index in [1.807, 2.05) is 0 Å². The summed E-state index contributed by atoms with van der Waals surface area (Å²) < 4.78 is 5.04. The molecule has 14 heavy (non-hydrogen) atoms. The van der Waals surface area contributed by atoms with Crippen molar-refractivity contribution in [2.24, 2.45) is 0 Å². The topological polar surface area (TPSA) is 93.5 Å². The van der Waals surface area contributed by atoms with E-state index in [2.05, 4.69) is 0 Å². The first-order valence-corrected chi connectivity index (χ1v) is 4.29. The standard InChI is InChI=1S/C9H9NO4/c10-8-7(9(12)13)6-4(11)2-1-3-5(6)14-8/h1-3,10H2,(H,12,13). The number of furan rings is 1. The number of carboxylic acid groups (broad SMARTS) is 1. The van der Waals surface area contributed by atoms with Crippen LogP contribution in [0.15, 0.2) is 4.42 Å². The van der Waals surface area contributed by atoms with Crippen molar-refractivity contribution >= 4 is 17.6 Å². The highest BCUT2D eigenvalue weighted by molar-refractivity contribution is 6.09. The summed E-state index contributed by atoms with van der Waals surface area (Å²) >= 11 is 0. The van der Waals surface area contributed by atoms with Gasteiger partial charge in [0, 0.05) is 12.8 Å². The molecule has 1 aromatic heterocycles. The number of rotatable bonds is 1.